The smallest absolute Gasteiger partial charge is 0.245 e. The van der Waals surface area contributed by atoms with Gasteiger partial charge in [-0.25, -0.2) is 0 Å². The number of hydrogen-bond acceptors (Lipinski definition) is 2. The fraction of sp³-hybridized carbons (Fsp3) is 0.500. The number of halogens is 2. The molecular weight excluding hydrogens is 323 g/mol. The van der Waals surface area contributed by atoms with Gasteiger partial charge in [0.15, 0.2) is 0 Å². The van der Waals surface area contributed by atoms with Gasteiger partial charge in [0.2, 0.25) is 11.8 Å². The van der Waals surface area contributed by atoms with E-state index in [1.165, 1.54) is 0 Å². The van der Waals surface area contributed by atoms with Crippen LogP contribution in [0.2, 0.25) is 10.0 Å². The van der Waals surface area contributed by atoms with Crippen molar-refractivity contribution in [3.05, 3.63) is 33.8 Å². The average Bonchev–Trinajstić information content (AvgIpc) is 3.24. The predicted octanol–water partition coefficient (Wildman–Crippen LogP) is 2.83. The molecule has 0 aromatic heterocycles. The van der Waals surface area contributed by atoms with Crippen molar-refractivity contribution in [2.75, 3.05) is 13.1 Å². The van der Waals surface area contributed by atoms with E-state index < -0.39 is 5.54 Å². The summed E-state index contributed by atoms with van der Waals surface area (Å²) in [6.45, 7) is 4.65. The third kappa shape index (κ3) is 2.59. The van der Waals surface area contributed by atoms with E-state index in [-0.39, 0.29) is 23.7 Å². The molecule has 6 heteroatoms. The fourth-order valence-corrected chi connectivity index (χ4v) is 3.37. The van der Waals surface area contributed by atoms with Crippen LogP contribution in [-0.2, 0) is 9.59 Å². The number of nitrogens with one attached hydrogen (secondary N) is 1. The summed E-state index contributed by atoms with van der Waals surface area (Å²) < 4.78 is 0. The third-order valence-electron chi connectivity index (χ3n) is 4.60. The van der Waals surface area contributed by atoms with E-state index in [1.807, 2.05) is 12.1 Å². The molecule has 1 aliphatic heterocycles. The molecule has 1 N–H and O–H groups in total. The molecule has 2 fully saturated rings. The molecule has 4 nitrogen and oxygen atoms in total. The topological polar surface area (TPSA) is 49.4 Å². The van der Waals surface area contributed by atoms with E-state index in [9.17, 15) is 9.59 Å². The highest BCUT2D eigenvalue weighted by atomic mass is 35.5. The van der Waals surface area contributed by atoms with Crippen molar-refractivity contribution in [2.45, 2.75) is 31.7 Å². The molecule has 1 aromatic carbocycles. The van der Waals surface area contributed by atoms with Crippen LogP contribution in [0.5, 0.6) is 0 Å². The number of amides is 2. The summed E-state index contributed by atoms with van der Waals surface area (Å²) in [5.41, 5.74) is 0.243. The van der Waals surface area contributed by atoms with Gasteiger partial charge in [-0.3, -0.25) is 9.59 Å². The van der Waals surface area contributed by atoms with E-state index in [2.05, 4.69) is 5.32 Å². The molecule has 0 spiro atoms. The molecule has 118 valence electrons. The highest BCUT2D eigenvalue weighted by Crippen LogP contribution is 2.50. The van der Waals surface area contributed by atoms with Gasteiger partial charge in [0.1, 0.15) is 5.54 Å². The lowest BCUT2D eigenvalue weighted by Gasteiger charge is -2.41. The Morgan fingerprint density at radius 2 is 2.05 bits per heavy atom. The van der Waals surface area contributed by atoms with Crippen LogP contribution in [0, 0.1) is 5.92 Å². The Balaban J connectivity index is 1.75. The van der Waals surface area contributed by atoms with E-state index in [1.54, 1.807) is 24.8 Å². The molecule has 2 aliphatic rings. The van der Waals surface area contributed by atoms with Crippen LogP contribution < -0.4 is 5.32 Å². The Kier molecular flexibility index (Phi) is 3.86. The van der Waals surface area contributed by atoms with Crippen molar-refractivity contribution in [1.82, 2.24) is 10.2 Å². The van der Waals surface area contributed by atoms with E-state index in [0.29, 0.717) is 23.1 Å². The number of nitrogens with zero attached hydrogens (tertiary/aromatic N) is 1. The molecule has 22 heavy (non-hydrogen) atoms. The zero-order valence-corrected chi connectivity index (χ0v) is 14.0. The second kappa shape index (κ2) is 5.43. The van der Waals surface area contributed by atoms with Crippen LogP contribution >= 0.6 is 23.2 Å². The molecule has 1 aromatic rings. The van der Waals surface area contributed by atoms with Gasteiger partial charge in [-0.2, -0.15) is 0 Å². The first kappa shape index (κ1) is 15.6. The highest BCUT2D eigenvalue weighted by Gasteiger charge is 2.50. The highest BCUT2D eigenvalue weighted by molar-refractivity contribution is 6.42. The minimum absolute atomic E-state index is 0.0518. The number of hydrogen-bond donors (Lipinski definition) is 1. The largest absolute Gasteiger partial charge is 0.352 e. The summed E-state index contributed by atoms with van der Waals surface area (Å²) in [7, 11) is 0. The van der Waals surface area contributed by atoms with E-state index >= 15 is 0 Å². The van der Waals surface area contributed by atoms with Gasteiger partial charge in [-0.1, -0.05) is 29.3 Å². The van der Waals surface area contributed by atoms with Crippen LogP contribution in [0.1, 0.15) is 31.7 Å². The van der Waals surface area contributed by atoms with Gasteiger partial charge in [0, 0.05) is 19.0 Å². The van der Waals surface area contributed by atoms with Crippen molar-refractivity contribution in [1.29, 1.82) is 0 Å². The summed E-state index contributed by atoms with van der Waals surface area (Å²) in [6, 6.07) is 5.51. The van der Waals surface area contributed by atoms with Gasteiger partial charge in [-0.15, -0.1) is 0 Å². The standard InChI is InChI=1S/C16H18Cl2N2O2/c1-16(2)15(22)19-5-6-20(16)14(21)11-8-10(11)9-3-4-12(17)13(18)7-9/h3-4,7,10-11H,5-6,8H2,1-2H3,(H,19,22). The second-order valence-electron chi connectivity index (χ2n) is 6.43. The molecule has 0 bridgehead atoms. The second-order valence-corrected chi connectivity index (χ2v) is 7.24. The molecule has 1 saturated carbocycles. The number of piperazine rings is 1. The van der Waals surface area contributed by atoms with Gasteiger partial charge in [-0.05, 0) is 43.9 Å². The van der Waals surface area contributed by atoms with Crippen LogP contribution in [0.3, 0.4) is 0 Å². The van der Waals surface area contributed by atoms with Crippen molar-refractivity contribution in [3.8, 4) is 0 Å². The summed E-state index contributed by atoms with van der Waals surface area (Å²) in [5.74, 6) is 0.0558. The van der Waals surface area contributed by atoms with Gasteiger partial charge in [0.25, 0.3) is 0 Å². The quantitative estimate of drug-likeness (QED) is 0.899. The number of carbonyl (C=O) groups is 2. The molecule has 2 atom stereocenters. The molecule has 3 rings (SSSR count). The number of carbonyl (C=O) groups excluding carboxylic acids is 2. The van der Waals surface area contributed by atoms with Crippen molar-refractivity contribution in [2.24, 2.45) is 5.92 Å². The van der Waals surface area contributed by atoms with Gasteiger partial charge in [0.05, 0.1) is 10.0 Å². The lowest BCUT2D eigenvalue weighted by atomic mass is 9.97. The Morgan fingerprint density at radius 1 is 1.32 bits per heavy atom. The van der Waals surface area contributed by atoms with Crippen LogP contribution in [0.15, 0.2) is 18.2 Å². The minimum atomic E-state index is -0.792. The molecule has 0 radical (unpaired) electrons. The van der Waals surface area contributed by atoms with Crippen LogP contribution in [0.4, 0.5) is 0 Å². The maximum absolute atomic E-state index is 12.7. The summed E-state index contributed by atoms with van der Waals surface area (Å²) in [4.78, 5) is 26.4. The maximum Gasteiger partial charge on any atom is 0.245 e. The monoisotopic (exact) mass is 340 g/mol. The summed E-state index contributed by atoms with van der Waals surface area (Å²) in [6.07, 6.45) is 0.797. The zero-order valence-electron chi connectivity index (χ0n) is 12.5. The van der Waals surface area contributed by atoms with Gasteiger partial charge >= 0.3 is 0 Å². The van der Waals surface area contributed by atoms with E-state index in [0.717, 1.165) is 12.0 Å². The Bertz CT molecular complexity index is 645. The lowest BCUT2D eigenvalue weighted by molar-refractivity contribution is -0.150. The average molecular weight is 341 g/mol. The molecule has 1 aliphatic carbocycles. The number of rotatable bonds is 2. The Labute approximate surface area is 139 Å². The molecule has 1 heterocycles. The maximum atomic E-state index is 12.7. The zero-order chi connectivity index (χ0) is 16.1. The van der Waals surface area contributed by atoms with Crippen molar-refractivity contribution >= 4 is 35.0 Å². The Morgan fingerprint density at radius 3 is 2.73 bits per heavy atom. The summed E-state index contributed by atoms with van der Waals surface area (Å²) >= 11 is 12.0. The minimum Gasteiger partial charge on any atom is -0.352 e. The fourth-order valence-electron chi connectivity index (χ4n) is 3.06. The Hall–Kier alpha value is -1.26. The van der Waals surface area contributed by atoms with E-state index in [4.69, 9.17) is 23.2 Å². The third-order valence-corrected chi connectivity index (χ3v) is 5.34. The number of benzene rings is 1. The predicted molar refractivity (Wildman–Crippen MR) is 86.1 cm³/mol. The molecule has 1 saturated heterocycles. The SMILES string of the molecule is CC1(C)C(=O)NCCN1C(=O)C1CC1c1ccc(Cl)c(Cl)c1. The van der Waals surface area contributed by atoms with Crippen molar-refractivity contribution in [3.63, 3.8) is 0 Å². The molecule has 2 unspecified atom stereocenters. The molecule has 2 amide bonds. The first-order valence-corrected chi connectivity index (χ1v) is 8.12. The summed E-state index contributed by atoms with van der Waals surface area (Å²) in [5, 5.41) is 3.83. The molecular formula is C16H18Cl2N2O2. The van der Waals surface area contributed by atoms with Crippen LogP contribution in [0.25, 0.3) is 0 Å². The first-order chi connectivity index (χ1) is 10.3. The van der Waals surface area contributed by atoms with Gasteiger partial charge < -0.3 is 10.2 Å². The normalized spacial score (nSPS) is 26.5. The van der Waals surface area contributed by atoms with Crippen LogP contribution in [-0.4, -0.2) is 35.3 Å². The lowest BCUT2D eigenvalue weighted by Crippen LogP contribution is -2.63. The van der Waals surface area contributed by atoms with Crippen molar-refractivity contribution < 1.29 is 9.59 Å². The first-order valence-electron chi connectivity index (χ1n) is 7.37.